The Bertz CT molecular complexity index is 801. The Hall–Kier alpha value is -1.70. The van der Waals surface area contributed by atoms with Crippen LogP contribution in [0, 0.1) is 12.8 Å². The predicted octanol–water partition coefficient (Wildman–Crippen LogP) is 2.05. The normalized spacial score (nSPS) is 19.0. The maximum Gasteiger partial charge on any atom is 0.243 e. The molecule has 130 valence electrons. The summed E-state index contributed by atoms with van der Waals surface area (Å²) in [6.45, 7) is 6.43. The molecule has 1 aromatic carbocycles. The van der Waals surface area contributed by atoms with E-state index in [4.69, 9.17) is 4.74 Å². The fourth-order valence-corrected chi connectivity index (χ4v) is 4.58. The zero-order valence-electron chi connectivity index (χ0n) is 14.1. The molecule has 0 saturated heterocycles. The molecule has 0 fully saturated rings. The van der Waals surface area contributed by atoms with Gasteiger partial charge < -0.3 is 9.30 Å². The van der Waals surface area contributed by atoms with Gasteiger partial charge in [-0.3, -0.25) is 0 Å². The summed E-state index contributed by atoms with van der Waals surface area (Å²) in [4.78, 5) is 4.65. The van der Waals surface area contributed by atoms with Gasteiger partial charge in [0, 0.05) is 38.0 Å². The second kappa shape index (κ2) is 7.04. The summed E-state index contributed by atoms with van der Waals surface area (Å²) in [7, 11) is -3.56. The molecule has 0 unspecified atom stereocenters. The van der Waals surface area contributed by atoms with E-state index in [1.165, 1.54) is 4.31 Å². The maximum absolute atomic E-state index is 13.1. The number of aromatic nitrogens is 2. The average Bonchev–Trinajstić information content (AvgIpc) is 2.90. The number of hydrogen-bond donors (Lipinski definition) is 0. The number of ether oxygens (including phenoxy) is 1. The third kappa shape index (κ3) is 3.53. The van der Waals surface area contributed by atoms with Crippen molar-refractivity contribution < 1.29 is 13.2 Å². The van der Waals surface area contributed by atoms with Gasteiger partial charge in [0.1, 0.15) is 5.82 Å². The van der Waals surface area contributed by atoms with Crippen LogP contribution in [-0.2, 0) is 27.8 Å². The summed E-state index contributed by atoms with van der Waals surface area (Å²) in [5.41, 5.74) is 0.929. The molecular weight excluding hydrogens is 326 g/mol. The molecule has 1 atom stereocenters. The molecule has 24 heavy (non-hydrogen) atoms. The SMILES string of the molecule is CCOC[C@@H]1CN(S(=O)(=O)c2cccc(C)c2)Cc2nccn2C1. The van der Waals surface area contributed by atoms with Crippen molar-refractivity contribution in [2.24, 2.45) is 5.92 Å². The van der Waals surface area contributed by atoms with Crippen LogP contribution in [0.1, 0.15) is 18.3 Å². The maximum atomic E-state index is 13.1. The van der Waals surface area contributed by atoms with Gasteiger partial charge in [-0.25, -0.2) is 13.4 Å². The van der Waals surface area contributed by atoms with Crippen molar-refractivity contribution in [3.63, 3.8) is 0 Å². The highest BCUT2D eigenvalue weighted by Crippen LogP contribution is 2.24. The molecule has 0 radical (unpaired) electrons. The number of sulfonamides is 1. The molecule has 0 saturated carbocycles. The minimum Gasteiger partial charge on any atom is -0.381 e. The fourth-order valence-electron chi connectivity index (χ4n) is 3.00. The van der Waals surface area contributed by atoms with Crippen molar-refractivity contribution in [3.8, 4) is 0 Å². The van der Waals surface area contributed by atoms with Crippen LogP contribution >= 0.6 is 0 Å². The molecule has 7 heteroatoms. The van der Waals surface area contributed by atoms with Gasteiger partial charge in [0.2, 0.25) is 10.0 Å². The molecule has 6 nitrogen and oxygen atoms in total. The molecule has 1 aromatic heterocycles. The molecular formula is C17H23N3O3S. The number of imidazole rings is 1. The zero-order chi connectivity index (χ0) is 17.2. The highest BCUT2D eigenvalue weighted by Gasteiger charge is 2.31. The van der Waals surface area contributed by atoms with E-state index in [2.05, 4.69) is 4.98 Å². The Kier molecular flexibility index (Phi) is 5.03. The van der Waals surface area contributed by atoms with Crippen LogP contribution in [0.15, 0.2) is 41.6 Å². The minimum atomic E-state index is -3.56. The summed E-state index contributed by atoms with van der Waals surface area (Å²) in [5.74, 6) is 0.866. The Morgan fingerprint density at radius 2 is 2.17 bits per heavy atom. The van der Waals surface area contributed by atoms with Gasteiger partial charge in [-0.2, -0.15) is 4.31 Å². The van der Waals surface area contributed by atoms with Crippen molar-refractivity contribution in [2.75, 3.05) is 19.8 Å². The summed E-state index contributed by atoms with van der Waals surface area (Å²) >= 11 is 0. The molecule has 0 amide bonds. The number of benzene rings is 1. The Balaban J connectivity index is 1.93. The van der Waals surface area contributed by atoms with Gasteiger partial charge in [-0.15, -0.1) is 0 Å². The molecule has 0 aliphatic carbocycles. The predicted molar refractivity (Wildman–Crippen MR) is 91.0 cm³/mol. The van der Waals surface area contributed by atoms with Gasteiger partial charge in [0.05, 0.1) is 18.0 Å². The smallest absolute Gasteiger partial charge is 0.243 e. The third-order valence-electron chi connectivity index (χ3n) is 4.22. The van der Waals surface area contributed by atoms with Crippen LogP contribution in [-0.4, -0.2) is 42.0 Å². The molecule has 1 aliphatic heterocycles. The summed E-state index contributed by atoms with van der Waals surface area (Å²) in [6, 6.07) is 7.03. The second-order valence-corrected chi connectivity index (χ2v) is 8.07. The highest BCUT2D eigenvalue weighted by atomic mass is 32.2. The Morgan fingerprint density at radius 1 is 1.33 bits per heavy atom. The number of nitrogens with zero attached hydrogens (tertiary/aromatic N) is 3. The molecule has 0 spiro atoms. The first-order valence-electron chi connectivity index (χ1n) is 8.15. The monoisotopic (exact) mass is 349 g/mol. The molecule has 2 aromatic rings. The van der Waals surface area contributed by atoms with Gasteiger partial charge in [-0.1, -0.05) is 12.1 Å². The standard InChI is InChI=1S/C17H23N3O3S/c1-3-23-13-15-10-19-8-7-18-17(19)12-20(11-15)24(21,22)16-6-4-5-14(2)9-16/h4-9,15H,3,10-13H2,1-2H3/t15-/m0/s1. The summed E-state index contributed by atoms with van der Waals surface area (Å²) in [5, 5.41) is 0. The average molecular weight is 349 g/mol. The number of rotatable bonds is 5. The van der Waals surface area contributed by atoms with Crippen LogP contribution in [0.2, 0.25) is 0 Å². The van der Waals surface area contributed by atoms with E-state index in [0.29, 0.717) is 24.7 Å². The minimum absolute atomic E-state index is 0.0972. The third-order valence-corrected chi connectivity index (χ3v) is 6.03. The molecule has 2 heterocycles. The van der Waals surface area contributed by atoms with E-state index in [1.807, 2.05) is 30.7 Å². The Labute approximate surface area is 143 Å². The van der Waals surface area contributed by atoms with E-state index >= 15 is 0 Å². The first-order valence-corrected chi connectivity index (χ1v) is 9.59. The van der Waals surface area contributed by atoms with E-state index in [9.17, 15) is 8.42 Å². The first-order chi connectivity index (χ1) is 11.5. The van der Waals surface area contributed by atoms with E-state index in [0.717, 1.165) is 17.9 Å². The van der Waals surface area contributed by atoms with E-state index < -0.39 is 10.0 Å². The largest absolute Gasteiger partial charge is 0.381 e. The van der Waals surface area contributed by atoms with Crippen LogP contribution in [0.25, 0.3) is 0 Å². The van der Waals surface area contributed by atoms with Gasteiger partial charge in [-0.05, 0) is 31.5 Å². The van der Waals surface area contributed by atoms with Crippen molar-refractivity contribution in [1.29, 1.82) is 0 Å². The first kappa shape index (κ1) is 17.1. The number of fused-ring (bicyclic) bond motifs is 1. The quantitative estimate of drug-likeness (QED) is 0.829. The van der Waals surface area contributed by atoms with Crippen LogP contribution in [0.5, 0.6) is 0 Å². The zero-order valence-corrected chi connectivity index (χ0v) is 14.9. The van der Waals surface area contributed by atoms with Gasteiger partial charge in [0.15, 0.2) is 0 Å². The molecule has 3 rings (SSSR count). The van der Waals surface area contributed by atoms with Gasteiger partial charge >= 0.3 is 0 Å². The lowest BCUT2D eigenvalue weighted by Gasteiger charge is -2.23. The van der Waals surface area contributed by atoms with Crippen molar-refractivity contribution >= 4 is 10.0 Å². The second-order valence-electron chi connectivity index (χ2n) is 6.14. The van der Waals surface area contributed by atoms with Crippen LogP contribution < -0.4 is 0 Å². The van der Waals surface area contributed by atoms with Crippen LogP contribution in [0.4, 0.5) is 0 Å². The molecule has 1 aliphatic rings. The van der Waals surface area contributed by atoms with E-state index in [-0.39, 0.29) is 12.5 Å². The lowest BCUT2D eigenvalue weighted by molar-refractivity contribution is 0.0978. The molecule has 0 N–H and O–H groups in total. The highest BCUT2D eigenvalue weighted by molar-refractivity contribution is 7.89. The molecule has 0 bridgehead atoms. The topological polar surface area (TPSA) is 64.4 Å². The fraction of sp³-hybridized carbons (Fsp3) is 0.471. The lowest BCUT2D eigenvalue weighted by atomic mass is 10.1. The van der Waals surface area contributed by atoms with Crippen molar-refractivity contribution in [3.05, 3.63) is 48.0 Å². The summed E-state index contributed by atoms with van der Waals surface area (Å²) < 4.78 is 35.3. The van der Waals surface area contributed by atoms with E-state index in [1.54, 1.807) is 24.4 Å². The summed E-state index contributed by atoms with van der Waals surface area (Å²) in [6.07, 6.45) is 3.62. The number of hydrogen-bond acceptors (Lipinski definition) is 4. The van der Waals surface area contributed by atoms with Crippen molar-refractivity contribution in [1.82, 2.24) is 13.9 Å². The van der Waals surface area contributed by atoms with Crippen molar-refractivity contribution in [2.45, 2.75) is 31.8 Å². The van der Waals surface area contributed by atoms with Gasteiger partial charge in [0.25, 0.3) is 0 Å². The van der Waals surface area contributed by atoms with Crippen LogP contribution in [0.3, 0.4) is 0 Å². The lowest BCUT2D eigenvalue weighted by Crippen LogP contribution is -2.35. The Morgan fingerprint density at radius 3 is 2.92 bits per heavy atom. The number of aryl methyl sites for hydroxylation is 1.